The molecule has 1 aliphatic carbocycles. The summed E-state index contributed by atoms with van der Waals surface area (Å²) in [6, 6.07) is 0. The predicted molar refractivity (Wildman–Crippen MR) is 132 cm³/mol. The first-order valence-corrected chi connectivity index (χ1v) is 13.6. The van der Waals surface area contributed by atoms with Crippen LogP contribution < -0.4 is 0 Å². The van der Waals surface area contributed by atoms with E-state index in [1.165, 1.54) is 13.8 Å². The van der Waals surface area contributed by atoms with E-state index in [1.54, 1.807) is 0 Å². The van der Waals surface area contributed by atoms with Gasteiger partial charge in [-0.25, -0.2) is 0 Å². The fourth-order valence-electron chi connectivity index (χ4n) is 7.26. The van der Waals surface area contributed by atoms with Crippen LogP contribution in [0.5, 0.6) is 0 Å². The summed E-state index contributed by atoms with van der Waals surface area (Å²) in [6.07, 6.45) is -1.20. The Bertz CT molecular complexity index is 925. The van der Waals surface area contributed by atoms with E-state index in [4.69, 9.17) is 23.7 Å². The van der Waals surface area contributed by atoms with Crippen LogP contribution in [0.2, 0.25) is 0 Å². The van der Waals surface area contributed by atoms with Gasteiger partial charge in [0.1, 0.15) is 23.4 Å². The van der Waals surface area contributed by atoms with Crippen molar-refractivity contribution in [3.8, 4) is 0 Å². The molecule has 4 rings (SSSR count). The van der Waals surface area contributed by atoms with Crippen LogP contribution in [0.25, 0.3) is 0 Å². The molecule has 0 unspecified atom stereocenters. The Hall–Kier alpha value is -1.97. The van der Waals surface area contributed by atoms with Crippen molar-refractivity contribution in [2.45, 2.75) is 115 Å². The van der Waals surface area contributed by atoms with Crippen LogP contribution in [0.3, 0.4) is 0 Å². The average Bonchev–Trinajstić information content (AvgIpc) is 3.47. The molecule has 0 aromatic heterocycles. The van der Waals surface area contributed by atoms with Gasteiger partial charge in [-0.3, -0.25) is 14.4 Å². The van der Waals surface area contributed by atoms with Crippen molar-refractivity contribution in [3.63, 3.8) is 0 Å². The lowest BCUT2D eigenvalue weighted by molar-refractivity contribution is -0.208. The van der Waals surface area contributed by atoms with Crippen molar-refractivity contribution in [1.82, 2.24) is 0 Å². The number of hydrogen-bond donors (Lipinski definition) is 1. The van der Waals surface area contributed by atoms with Crippen LogP contribution in [-0.4, -0.2) is 71.3 Å². The number of aliphatic hydroxyl groups excluding tert-OH is 1. The van der Waals surface area contributed by atoms with E-state index in [2.05, 4.69) is 20.4 Å². The van der Waals surface area contributed by atoms with Gasteiger partial charge < -0.3 is 28.8 Å². The summed E-state index contributed by atoms with van der Waals surface area (Å²) in [4.78, 5) is 37.4. The molecule has 9 heteroatoms. The van der Waals surface area contributed by atoms with Gasteiger partial charge in [0.15, 0.2) is 6.10 Å². The number of hydrogen-bond acceptors (Lipinski definition) is 9. The topological polar surface area (TPSA) is 121 Å². The lowest BCUT2D eigenvalue weighted by Crippen LogP contribution is -2.65. The fraction of sp³-hybridized carbons (Fsp3) is 0.821. The number of aliphatic hydroxyl groups is 1. The number of ether oxygens (including phenoxy) is 5. The summed E-state index contributed by atoms with van der Waals surface area (Å²) < 4.78 is 30.9. The minimum atomic E-state index is -1.04. The van der Waals surface area contributed by atoms with Crippen LogP contribution in [0, 0.1) is 23.7 Å². The molecule has 10 atom stereocenters. The van der Waals surface area contributed by atoms with E-state index in [1.807, 2.05) is 13.8 Å². The van der Waals surface area contributed by atoms with E-state index >= 15 is 0 Å². The Kier molecular flexibility index (Phi) is 7.81. The second-order valence-electron chi connectivity index (χ2n) is 11.8. The van der Waals surface area contributed by atoms with E-state index in [-0.39, 0.29) is 36.1 Å². The summed E-state index contributed by atoms with van der Waals surface area (Å²) in [5.41, 5.74) is -1.29. The Morgan fingerprint density at radius 1 is 1.19 bits per heavy atom. The predicted octanol–water partition coefficient (Wildman–Crippen LogP) is 3.11. The molecular weight excluding hydrogens is 480 g/mol. The standard InChI is InChI=1S/C28H42O9/c1-8-9-20(32)36-24-21(14(2)3)22-23(28(13-33-28)26(24)34-16(5)29)19-12-15(4)18(31)10-11-27(7,25(22)35-19)37-17(6)30/h14,18-19,21-26,31H,4,8-13H2,1-3,5-7H3/t18-,19+,21+,22+,23+,24-,25+,26-,27+,28-/m0/s1. The number of carbonyl (C=O) groups is 3. The zero-order chi connectivity index (χ0) is 27.3. The third kappa shape index (κ3) is 5.06. The Balaban J connectivity index is 1.87. The van der Waals surface area contributed by atoms with Crippen LogP contribution in [0.4, 0.5) is 0 Å². The molecule has 37 heavy (non-hydrogen) atoms. The molecule has 3 heterocycles. The van der Waals surface area contributed by atoms with Crippen molar-refractivity contribution < 1.29 is 43.2 Å². The molecule has 0 aromatic rings. The van der Waals surface area contributed by atoms with Gasteiger partial charge in [0, 0.05) is 38.0 Å². The molecule has 2 bridgehead atoms. The second kappa shape index (κ2) is 10.3. The molecule has 1 saturated carbocycles. The highest BCUT2D eigenvalue weighted by molar-refractivity contribution is 5.70. The van der Waals surface area contributed by atoms with Gasteiger partial charge in [-0.2, -0.15) is 0 Å². The van der Waals surface area contributed by atoms with Gasteiger partial charge in [0.05, 0.1) is 18.8 Å². The van der Waals surface area contributed by atoms with E-state index in [0.29, 0.717) is 37.9 Å². The maximum Gasteiger partial charge on any atom is 0.306 e. The van der Waals surface area contributed by atoms with Crippen LogP contribution in [0.15, 0.2) is 12.2 Å². The molecule has 0 radical (unpaired) electrons. The van der Waals surface area contributed by atoms with Crippen molar-refractivity contribution in [3.05, 3.63) is 12.2 Å². The van der Waals surface area contributed by atoms with Crippen molar-refractivity contribution in [2.24, 2.45) is 23.7 Å². The van der Waals surface area contributed by atoms with Crippen LogP contribution >= 0.6 is 0 Å². The number of rotatable bonds is 6. The first-order chi connectivity index (χ1) is 17.3. The molecule has 1 spiro atoms. The van der Waals surface area contributed by atoms with Gasteiger partial charge in [0.2, 0.25) is 0 Å². The Labute approximate surface area is 219 Å². The van der Waals surface area contributed by atoms with Crippen molar-refractivity contribution in [1.29, 1.82) is 0 Å². The molecular formula is C28H42O9. The molecule has 0 amide bonds. The second-order valence-corrected chi connectivity index (χ2v) is 11.8. The van der Waals surface area contributed by atoms with Crippen molar-refractivity contribution in [2.75, 3.05) is 6.61 Å². The minimum absolute atomic E-state index is 0.0178. The van der Waals surface area contributed by atoms with Crippen LogP contribution in [0.1, 0.15) is 73.6 Å². The third-order valence-electron chi connectivity index (χ3n) is 8.74. The fourth-order valence-corrected chi connectivity index (χ4v) is 7.26. The number of fused-ring (bicyclic) bond motifs is 6. The summed E-state index contributed by atoms with van der Waals surface area (Å²) in [5.74, 6) is -1.96. The molecule has 4 fully saturated rings. The largest absolute Gasteiger partial charge is 0.458 e. The first kappa shape index (κ1) is 28.0. The van der Waals surface area contributed by atoms with Crippen LogP contribution in [-0.2, 0) is 38.1 Å². The molecule has 208 valence electrons. The molecule has 0 aromatic carbocycles. The van der Waals surface area contributed by atoms with E-state index in [9.17, 15) is 19.5 Å². The normalized spacial score (nSPS) is 42.9. The van der Waals surface area contributed by atoms with Gasteiger partial charge in [0.25, 0.3) is 0 Å². The zero-order valence-corrected chi connectivity index (χ0v) is 22.9. The summed E-state index contributed by atoms with van der Waals surface area (Å²) in [5, 5.41) is 10.8. The Morgan fingerprint density at radius 2 is 1.86 bits per heavy atom. The van der Waals surface area contributed by atoms with Gasteiger partial charge >= 0.3 is 17.9 Å². The Morgan fingerprint density at radius 3 is 2.41 bits per heavy atom. The molecule has 4 aliphatic rings. The summed E-state index contributed by atoms with van der Waals surface area (Å²) >= 11 is 0. The van der Waals surface area contributed by atoms with E-state index < -0.39 is 53.7 Å². The highest BCUT2D eigenvalue weighted by Crippen LogP contribution is 2.63. The van der Waals surface area contributed by atoms with Gasteiger partial charge in [-0.05, 0) is 44.1 Å². The average molecular weight is 523 g/mol. The number of epoxide rings is 1. The first-order valence-electron chi connectivity index (χ1n) is 13.6. The summed E-state index contributed by atoms with van der Waals surface area (Å²) in [6.45, 7) is 15.0. The molecule has 3 aliphatic heterocycles. The highest BCUT2D eigenvalue weighted by atomic mass is 16.7. The number of esters is 3. The van der Waals surface area contributed by atoms with E-state index in [0.717, 1.165) is 0 Å². The third-order valence-corrected chi connectivity index (χ3v) is 8.74. The molecule has 3 saturated heterocycles. The maximum absolute atomic E-state index is 12.8. The highest BCUT2D eigenvalue weighted by Gasteiger charge is 2.76. The monoisotopic (exact) mass is 522 g/mol. The SMILES string of the molecule is C=C1C[C@H]2O[C@H]([C@@H]3[C@@H](C(C)C)[C@H](OC(=O)CCC)[C@H](OC(C)=O)[C@]4(CO4)[C@@H]32)[C@](C)(OC(C)=O)CC[C@@H]1O. The van der Waals surface area contributed by atoms with Gasteiger partial charge in [-0.15, -0.1) is 0 Å². The number of carbonyl (C=O) groups excluding carboxylic acids is 3. The zero-order valence-electron chi connectivity index (χ0n) is 22.9. The maximum atomic E-state index is 12.8. The van der Waals surface area contributed by atoms with Crippen molar-refractivity contribution >= 4 is 17.9 Å². The molecule has 9 nitrogen and oxygen atoms in total. The lowest BCUT2D eigenvalue weighted by atomic mass is 9.56. The minimum Gasteiger partial charge on any atom is -0.458 e. The summed E-state index contributed by atoms with van der Waals surface area (Å²) in [7, 11) is 0. The lowest BCUT2D eigenvalue weighted by Gasteiger charge is -2.51. The molecule has 1 N–H and O–H groups in total. The van der Waals surface area contributed by atoms with Gasteiger partial charge in [-0.1, -0.05) is 27.4 Å². The quantitative estimate of drug-likeness (QED) is 0.243. The smallest absolute Gasteiger partial charge is 0.306 e.